The van der Waals surface area contributed by atoms with Crippen LogP contribution in [0.15, 0.2) is 48.5 Å². The third-order valence-corrected chi connectivity index (χ3v) is 3.94. The Morgan fingerprint density at radius 3 is 2.00 bits per heavy atom. The van der Waals surface area contributed by atoms with Crippen LogP contribution in [0, 0.1) is 0 Å². The molecule has 0 bridgehead atoms. The zero-order valence-electron chi connectivity index (χ0n) is 14.3. The fourth-order valence-corrected chi connectivity index (χ4v) is 2.23. The highest BCUT2D eigenvalue weighted by Gasteiger charge is 2.29. The number of esters is 1. The maximum atomic E-state index is 12.6. The molecule has 24 heavy (non-hydrogen) atoms. The van der Waals surface area contributed by atoms with E-state index in [4.69, 9.17) is 4.74 Å². The van der Waals surface area contributed by atoms with Gasteiger partial charge in [0.2, 0.25) is 5.91 Å². The molecule has 0 atom stereocenters. The number of rotatable bonds is 5. The molecule has 0 aliphatic heterocycles. The lowest BCUT2D eigenvalue weighted by molar-refractivity contribution is -0.120. The Hall–Kier alpha value is -2.82. The fraction of sp³-hybridized carbons (Fsp3) is 0.263. The fourth-order valence-electron chi connectivity index (χ4n) is 2.23. The second kappa shape index (κ2) is 7.17. The third-order valence-electron chi connectivity index (χ3n) is 3.94. The van der Waals surface area contributed by atoms with Crippen LogP contribution in [0.2, 0.25) is 0 Å². The predicted molar refractivity (Wildman–Crippen MR) is 92.4 cm³/mol. The van der Waals surface area contributed by atoms with Crippen molar-refractivity contribution in [2.45, 2.75) is 19.3 Å². The maximum Gasteiger partial charge on any atom is 0.337 e. The van der Waals surface area contributed by atoms with Gasteiger partial charge in [-0.05, 0) is 55.8 Å². The number of amides is 1. The van der Waals surface area contributed by atoms with Crippen LogP contribution in [-0.2, 0) is 14.9 Å². The van der Waals surface area contributed by atoms with Gasteiger partial charge in [0, 0.05) is 5.69 Å². The van der Waals surface area contributed by atoms with Gasteiger partial charge in [0.05, 0.1) is 25.2 Å². The van der Waals surface area contributed by atoms with E-state index in [2.05, 4.69) is 10.1 Å². The maximum absolute atomic E-state index is 12.6. The first-order valence-corrected chi connectivity index (χ1v) is 7.53. The molecule has 1 N–H and O–H groups in total. The molecule has 1 amide bonds. The summed E-state index contributed by atoms with van der Waals surface area (Å²) in [4.78, 5) is 24.1. The lowest BCUT2D eigenvalue weighted by Gasteiger charge is -2.24. The van der Waals surface area contributed by atoms with E-state index in [0.717, 1.165) is 11.3 Å². The normalized spacial score (nSPS) is 10.8. The zero-order chi connectivity index (χ0) is 17.7. The number of hydrogen-bond donors (Lipinski definition) is 1. The summed E-state index contributed by atoms with van der Waals surface area (Å²) in [6.07, 6.45) is 0. The first-order chi connectivity index (χ1) is 11.4. The largest absolute Gasteiger partial charge is 0.497 e. The van der Waals surface area contributed by atoms with E-state index < -0.39 is 11.4 Å². The molecule has 0 aliphatic carbocycles. The van der Waals surface area contributed by atoms with Crippen molar-refractivity contribution in [3.8, 4) is 5.75 Å². The van der Waals surface area contributed by atoms with Gasteiger partial charge in [-0.25, -0.2) is 4.79 Å². The Bertz CT molecular complexity index is 718. The Morgan fingerprint density at radius 1 is 0.917 bits per heavy atom. The van der Waals surface area contributed by atoms with Crippen molar-refractivity contribution >= 4 is 17.6 Å². The number of anilines is 1. The summed E-state index contributed by atoms with van der Waals surface area (Å²) in [5.41, 5.74) is 1.22. The highest BCUT2D eigenvalue weighted by atomic mass is 16.5. The molecular weight excluding hydrogens is 306 g/mol. The molecule has 0 heterocycles. The van der Waals surface area contributed by atoms with E-state index in [1.165, 1.54) is 7.11 Å². The second-order valence-electron chi connectivity index (χ2n) is 5.88. The summed E-state index contributed by atoms with van der Waals surface area (Å²) < 4.78 is 9.79. The van der Waals surface area contributed by atoms with E-state index >= 15 is 0 Å². The molecule has 0 saturated carbocycles. The number of methoxy groups -OCH3 is 2. The standard InChI is InChI=1S/C19H21NO4/c1-19(2,14-7-11-16(23-3)12-8-14)18(22)20-15-9-5-13(6-10-15)17(21)24-4/h5-12H,1-4H3,(H,20,22). The summed E-state index contributed by atoms with van der Waals surface area (Å²) >= 11 is 0. The van der Waals surface area contributed by atoms with E-state index in [0.29, 0.717) is 11.3 Å². The van der Waals surface area contributed by atoms with Crippen LogP contribution in [0.25, 0.3) is 0 Å². The summed E-state index contributed by atoms with van der Waals surface area (Å²) in [6.45, 7) is 3.71. The first-order valence-electron chi connectivity index (χ1n) is 7.53. The minimum Gasteiger partial charge on any atom is -0.497 e. The second-order valence-corrected chi connectivity index (χ2v) is 5.88. The van der Waals surface area contributed by atoms with E-state index in [9.17, 15) is 9.59 Å². The van der Waals surface area contributed by atoms with Crippen LogP contribution in [0.5, 0.6) is 5.75 Å². The molecule has 0 unspecified atom stereocenters. The number of carbonyl (C=O) groups is 2. The molecule has 5 heteroatoms. The van der Waals surface area contributed by atoms with Crippen LogP contribution in [-0.4, -0.2) is 26.1 Å². The average molecular weight is 327 g/mol. The van der Waals surface area contributed by atoms with Crippen molar-refractivity contribution in [1.29, 1.82) is 0 Å². The average Bonchev–Trinajstić information content (AvgIpc) is 2.61. The Balaban J connectivity index is 2.13. The van der Waals surface area contributed by atoms with Crippen molar-refractivity contribution in [1.82, 2.24) is 0 Å². The number of hydrogen-bond acceptors (Lipinski definition) is 4. The minimum atomic E-state index is -0.715. The molecule has 2 aromatic rings. The molecule has 2 aromatic carbocycles. The molecule has 0 fully saturated rings. The van der Waals surface area contributed by atoms with Gasteiger partial charge in [0.1, 0.15) is 5.75 Å². The van der Waals surface area contributed by atoms with Gasteiger partial charge in [-0.3, -0.25) is 4.79 Å². The van der Waals surface area contributed by atoms with E-state index in [1.54, 1.807) is 31.4 Å². The highest BCUT2D eigenvalue weighted by molar-refractivity contribution is 5.99. The summed E-state index contributed by atoms with van der Waals surface area (Å²) in [7, 11) is 2.93. The SMILES string of the molecule is COC(=O)c1ccc(NC(=O)C(C)(C)c2ccc(OC)cc2)cc1. The number of ether oxygens (including phenoxy) is 2. The van der Waals surface area contributed by atoms with E-state index in [1.807, 2.05) is 38.1 Å². The van der Waals surface area contributed by atoms with Crippen molar-refractivity contribution in [2.24, 2.45) is 0 Å². The molecule has 2 rings (SSSR count). The summed E-state index contributed by atoms with van der Waals surface area (Å²) in [5.74, 6) is 0.193. The Kier molecular flexibility index (Phi) is 5.24. The van der Waals surface area contributed by atoms with Crippen LogP contribution in [0.3, 0.4) is 0 Å². The van der Waals surface area contributed by atoms with Gasteiger partial charge < -0.3 is 14.8 Å². The van der Waals surface area contributed by atoms with Crippen molar-refractivity contribution in [3.05, 3.63) is 59.7 Å². The van der Waals surface area contributed by atoms with Gasteiger partial charge >= 0.3 is 5.97 Å². The van der Waals surface area contributed by atoms with Gasteiger partial charge in [-0.2, -0.15) is 0 Å². The van der Waals surface area contributed by atoms with Crippen LogP contribution >= 0.6 is 0 Å². The number of nitrogens with one attached hydrogen (secondary N) is 1. The smallest absolute Gasteiger partial charge is 0.337 e. The van der Waals surface area contributed by atoms with Crippen molar-refractivity contribution < 1.29 is 19.1 Å². The van der Waals surface area contributed by atoms with Crippen molar-refractivity contribution in [3.63, 3.8) is 0 Å². The Morgan fingerprint density at radius 2 is 1.50 bits per heavy atom. The van der Waals surface area contributed by atoms with Crippen LogP contribution in [0.4, 0.5) is 5.69 Å². The molecule has 0 aromatic heterocycles. The van der Waals surface area contributed by atoms with Crippen LogP contribution in [0.1, 0.15) is 29.8 Å². The Labute approximate surface area is 141 Å². The topological polar surface area (TPSA) is 64.6 Å². The molecule has 0 radical (unpaired) electrons. The molecule has 5 nitrogen and oxygen atoms in total. The number of benzene rings is 2. The van der Waals surface area contributed by atoms with Gasteiger partial charge in [0.25, 0.3) is 0 Å². The zero-order valence-corrected chi connectivity index (χ0v) is 14.3. The molecule has 0 saturated heterocycles. The highest BCUT2D eigenvalue weighted by Crippen LogP contribution is 2.27. The summed E-state index contributed by atoms with van der Waals surface area (Å²) in [5, 5.41) is 2.87. The van der Waals surface area contributed by atoms with E-state index in [-0.39, 0.29) is 5.91 Å². The third kappa shape index (κ3) is 3.74. The molecule has 126 valence electrons. The first kappa shape index (κ1) is 17.5. The number of carbonyl (C=O) groups excluding carboxylic acids is 2. The summed E-state index contributed by atoms with van der Waals surface area (Å²) in [6, 6.07) is 14.0. The van der Waals surface area contributed by atoms with Crippen molar-refractivity contribution in [2.75, 3.05) is 19.5 Å². The monoisotopic (exact) mass is 327 g/mol. The molecule has 0 spiro atoms. The molecular formula is C19H21NO4. The van der Waals surface area contributed by atoms with Gasteiger partial charge in [-0.1, -0.05) is 12.1 Å². The predicted octanol–water partition coefficient (Wildman–Crippen LogP) is 3.40. The van der Waals surface area contributed by atoms with Gasteiger partial charge in [-0.15, -0.1) is 0 Å². The lowest BCUT2D eigenvalue weighted by atomic mass is 9.83. The lowest BCUT2D eigenvalue weighted by Crippen LogP contribution is -2.34. The minimum absolute atomic E-state index is 0.140. The van der Waals surface area contributed by atoms with Crippen LogP contribution < -0.4 is 10.1 Å². The van der Waals surface area contributed by atoms with Gasteiger partial charge in [0.15, 0.2) is 0 Å². The quantitative estimate of drug-likeness (QED) is 0.855. The molecule has 0 aliphatic rings.